The summed E-state index contributed by atoms with van der Waals surface area (Å²) in [6, 6.07) is 4.86. The quantitative estimate of drug-likeness (QED) is 0.761. The van der Waals surface area contributed by atoms with Gasteiger partial charge in [0.1, 0.15) is 5.82 Å². The molecule has 27 heavy (non-hydrogen) atoms. The second kappa shape index (κ2) is 8.77. The number of benzene rings is 1. The minimum atomic E-state index is -0.680. The molecule has 0 aliphatic heterocycles. The zero-order valence-corrected chi connectivity index (χ0v) is 16.0. The monoisotopic (exact) mass is 375 g/mol. The van der Waals surface area contributed by atoms with Crippen LogP contribution < -0.4 is 11.1 Å². The van der Waals surface area contributed by atoms with Crippen molar-refractivity contribution in [3.63, 3.8) is 0 Å². The predicted octanol–water partition coefficient (Wildman–Crippen LogP) is 1.21. The van der Waals surface area contributed by atoms with Crippen molar-refractivity contribution in [1.29, 1.82) is 0 Å². The molecule has 1 aromatic heterocycles. The number of carbonyl (C=O) groups excluding carboxylic acids is 2. The Hall–Kier alpha value is -2.74. The summed E-state index contributed by atoms with van der Waals surface area (Å²) in [6.45, 7) is 3.48. The van der Waals surface area contributed by atoms with Gasteiger partial charge in [0.2, 0.25) is 11.8 Å². The summed E-state index contributed by atoms with van der Waals surface area (Å²) in [7, 11) is 3.38. The van der Waals surface area contributed by atoms with Gasteiger partial charge in [-0.05, 0) is 23.6 Å². The van der Waals surface area contributed by atoms with Crippen LogP contribution in [-0.4, -0.2) is 46.1 Å². The Morgan fingerprint density at radius 1 is 1.33 bits per heavy atom. The third-order valence-corrected chi connectivity index (χ3v) is 4.42. The van der Waals surface area contributed by atoms with Gasteiger partial charge >= 0.3 is 0 Å². The molecule has 0 bridgehead atoms. The van der Waals surface area contributed by atoms with Crippen LogP contribution in [0.15, 0.2) is 36.7 Å². The summed E-state index contributed by atoms with van der Waals surface area (Å²) in [4.78, 5) is 26.1. The SMILES string of the molecule is CC(C)[C@H](N)C(=O)NCC(=O)N(C)C(c1cccc(F)c1)c1cnn(C)c1. The third-order valence-electron chi connectivity index (χ3n) is 4.42. The van der Waals surface area contributed by atoms with Gasteiger partial charge in [-0.3, -0.25) is 14.3 Å². The van der Waals surface area contributed by atoms with E-state index in [9.17, 15) is 14.0 Å². The molecule has 3 N–H and O–H groups in total. The van der Waals surface area contributed by atoms with Crippen LogP contribution in [0, 0.1) is 11.7 Å². The van der Waals surface area contributed by atoms with Crippen LogP contribution in [0.4, 0.5) is 4.39 Å². The van der Waals surface area contributed by atoms with Crippen LogP contribution in [0.3, 0.4) is 0 Å². The molecule has 8 heteroatoms. The lowest BCUT2D eigenvalue weighted by atomic mass is 10.00. The van der Waals surface area contributed by atoms with E-state index in [1.807, 2.05) is 13.8 Å². The normalized spacial score (nSPS) is 13.3. The Labute approximate surface area is 158 Å². The molecular formula is C19H26FN5O2. The molecule has 0 saturated carbocycles. The second-order valence-corrected chi connectivity index (χ2v) is 6.90. The van der Waals surface area contributed by atoms with Crippen molar-refractivity contribution in [3.05, 3.63) is 53.6 Å². The van der Waals surface area contributed by atoms with Crippen molar-refractivity contribution in [2.75, 3.05) is 13.6 Å². The van der Waals surface area contributed by atoms with Crippen LogP contribution in [0.25, 0.3) is 0 Å². The highest BCUT2D eigenvalue weighted by Crippen LogP contribution is 2.27. The number of likely N-dealkylation sites (N-methyl/N-ethyl adjacent to an activating group) is 1. The Morgan fingerprint density at radius 3 is 2.59 bits per heavy atom. The summed E-state index contributed by atoms with van der Waals surface area (Å²) in [6.07, 6.45) is 3.40. The maximum absolute atomic E-state index is 13.7. The van der Waals surface area contributed by atoms with Crippen molar-refractivity contribution in [3.8, 4) is 0 Å². The van der Waals surface area contributed by atoms with Gasteiger partial charge in [-0.25, -0.2) is 4.39 Å². The Bertz CT molecular complexity index is 805. The first-order chi connectivity index (χ1) is 12.7. The van der Waals surface area contributed by atoms with Crippen molar-refractivity contribution in [2.24, 2.45) is 18.7 Å². The standard InChI is InChI=1S/C19H26FN5O2/c1-12(2)17(21)19(27)22-10-16(26)25(4)18(14-9-23-24(3)11-14)13-6-5-7-15(20)8-13/h5-9,11-12,17-18H,10,21H2,1-4H3,(H,22,27)/t17-,18?/m0/s1. The van der Waals surface area contributed by atoms with E-state index in [0.717, 1.165) is 5.56 Å². The number of aryl methyl sites for hydroxylation is 1. The Kier molecular flexibility index (Phi) is 6.68. The summed E-state index contributed by atoms with van der Waals surface area (Å²) < 4.78 is 15.4. The van der Waals surface area contributed by atoms with E-state index in [1.54, 1.807) is 43.3 Å². The number of hydrogen-bond acceptors (Lipinski definition) is 4. The number of aromatic nitrogens is 2. The van der Waals surface area contributed by atoms with Crippen molar-refractivity contribution < 1.29 is 14.0 Å². The summed E-state index contributed by atoms with van der Waals surface area (Å²) >= 11 is 0. The van der Waals surface area contributed by atoms with Gasteiger partial charge in [0, 0.05) is 25.9 Å². The van der Waals surface area contributed by atoms with Crippen molar-refractivity contribution >= 4 is 11.8 Å². The molecule has 0 fully saturated rings. The number of rotatable bonds is 7. The lowest BCUT2D eigenvalue weighted by Crippen LogP contribution is -2.47. The van der Waals surface area contributed by atoms with Gasteiger partial charge in [0.05, 0.1) is 24.8 Å². The molecule has 2 atom stereocenters. The van der Waals surface area contributed by atoms with Crippen LogP contribution in [-0.2, 0) is 16.6 Å². The fourth-order valence-corrected chi connectivity index (χ4v) is 2.75. The highest BCUT2D eigenvalue weighted by Gasteiger charge is 2.26. The maximum Gasteiger partial charge on any atom is 0.242 e. The summed E-state index contributed by atoms with van der Waals surface area (Å²) in [5, 5.41) is 6.71. The maximum atomic E-state index is 13.7. The van der Waals surface area contributed by atoms with E-state index < -0.39 is 17.9 Å². The van der Waals surface area contributed by atoms with Crippen molar-refractivity contribution in [2.45, 2.75) is 25.9 Å². The van der Waals surface area contributed by atoms with Crippen molar-refractivity contribution in [1.82, 2.24) is 20.0 Å². The molecule has 0 saturated heterocycles. The molecule has 7 nitrogen and oxygen atoms in total. The van der Waals surface area contributed by atoms with Crippen LogP contribution in [0.5, 0.6) is 0 Å². The summed E-state index contributed by atoms with van der Waals surface area (Å²) in [5.41, 5.74) is 7.15. The molecule has 2 aromatic rings. The zero-order valence-electron chi connectivity index (χ0n) is 16.0. The number of nitrogens with one attached hydrogen (secondary N) is 1. The molecule has 2 amide bonds. The highest BCUT2D eigenvalue weighted by molar-refractivity contribution is 5.87. The Balaban J connectivity index is 2.20. The van der Waals surface area contributed by atoms with Gasteiger partial charge in [-0.1, -0.05) is 26.0 Å². The van der Waals surface area contributed by atoms with E-state index in [4.69, 9.17) is 5.73 Å². The highest BCUT2D eigenvalue weighted by atomic mass is 19.1. The lowest BCUT2D eigenvalue weighted by molar-refractivity contribution is -0.133. The predicted molar refractivity (Wildman–Crippen MR) is 100 cm³/mol. The first-order valence-corrected chi connectivity index (χ1v) is 8.73. The van der Waals surface area contributed by atoms with Gasteiger partial charge in [0.25, 0.3) is 0 Å². The number of hydrogen-bond donors (Lipinski definition) is 2. The minimum absolute atomic E-state index is 0.0340. The first kappa shape index (κ1) is 20.6. The van der Waals surface area contributed by atoms with Gasteiger partial charge in [-0.2, -0.15) is 5.10 Å². The average Bonchev–Trinajstić information content (AvgIpc) is 3.04. The second-order valence-electron chi connectivity index (χ2n) is 6.90. The number of amides is 2. The van der Waals surface area contributed by atoms with E-state index in [-0.39, 0.29) is 24.3 Å². The molecule has 0 aliphatic rings. The fraction of sp³-hybridized carbons (Fsp3) is 0.421. The zero-order chi connectivity index (χ0) is 20.1. The molecule has 1 heterocycles. The number of nitrogens with zero attached hydrogens (tertiary/aromatic N) is 3. The van der Waals surface area contributed by atoms with Crippen LogP contribution in [0.2, 0.25) is 0 Å². The molecule has 0 radical (unpaired) electrons. The largest absolute Gasteiger partial charge is 0.346 e. The molecule has 146 valence electrons. The van der Waals surface area contributed by atoms with E-state index >= 15 is 0 Å². The average molecular weight is 375 g/mol. The molecule has 0 spiro atoms. The first-order valence-electron chi connectivity index (χ1n) is 8.73. The van der Waals surface area contributed by atoms with E-state index in [1.165, 1.54) is 17.0 Å². The fourth-order valence-electron chi connectivity index (χ4n) is 2.75. The minimum Gasteiger partial charge on any atom is -0.346 e. The lowest BCUT2D eigenvalue weighted by Gasteiger charge is -2.28. The molecule has 1 unspecified atom stereocenters. The number of carbonyl (C=O) groups is 2. The molecule has 0 aliphatic carbocycles. The van der Waals surface area contributed by atoms with Crippen LogP contribution >= 0.6 is 0 Å². The molecular weight excluding hydrogens is 349 g/mol. The Morgan fingerprint density at radius 2 is 2.04 bits per heavy atom. The smallest absolute Gasteiger partial charge is 0.242 e. The van der Waals surface area contributed by atoms with E-state index in [2.05, 4.69) is 10.4 Å². The third kappa shape index (κ3) is 5.13. The number of nitrogens with two attached hydrogens (primary N) is 1. The summed E-state index contributed by atoms with van der Waals surface area (Å²) in [5.74, 6) is -1.13. The van der Waals surface area contributed by atoms with Crippen LogP contribution in [0.1, 0.15) is 31.0 Å². The number of halogens is 1. The van der Waals surface area contributed by atoms with Gasteiger partial charge in [-0.15, -0.1) is 0 Å². The van der Waals surface area contributed by atoms with Gasteiger partial charge in [0.15, 0.2) is 0 Å². The molecule has 1 aromatic carbocycles. The topological polar surface area (TPSA) is 93.2 Å². The van der Waals surface area contributed by atoms with Gasteiger partial charge < -0.3 is 16.0 Å². The molecule has 2 rings (SSSR count). The van der Waals surface area contributed by atoms with E-state index in [0.29, 0.717) is 5.56 Å².